The van der Waals surface area contributed by atoms with Gasteiger partial charge in [-0.05, 0) is 55.4 Å². The van der Waals surface area contributed by atoms with Crippen LogP contribution in [0.1, 0.15) is 24.8 Å². The lowest BCUT2D eigenvalue weighted by Crippen LogP contribution is -2.40. The Hall–Kier alpha value is -2.08. The first kappa shape index (κ1) is 18.7. The van der Waals surface area contributed by atoms with E-state index in [1.54, 1.807) is 0 Å². The van der Waals surface area contributed by atoms with Crippen LogP contribution in [0.5, 0.6) is 0 Å². The van der Waals surface area contributed by atoms with Crippen molar-refractivity contribution in [3.8, 4) is 0 Å². The third-order valence-electron chi connectivity index (χ3n) is 5.19. The number of guanidine groups is 1. The van der Waals surface area contributed by atoms with E-state index in [1.165, 1.54) is 37.0 Å². The maximum atomic E-state index is 13.3. The number of nitrogens with zero attached hydrogens (tertiary/aromatic N) is 2. The molecule has 2 heterocycles. The van der Waals surface area contributed by atoms with Gasteiger partial charge in [0.15, 0.2) is 5.96 Å². The summed E-state index contributed by atoms with van der Waals surface area (Å²) in [6, 6.07) is 4.89. The molecule has 1 aliphatic heterocycles. The van der Waals surface area contributed by atoms with Gasteiger partial charge in [0.1, 0.15) is 5.82 Å². The van der Waals surface area contributed by atoms with E-state index in [4.69, 9.17) is 4.74 Å². The number of benzene rings is 1. The average Bonchev–Trinajstić information content (AvgIpc) is 3.06. The van der Waals surface area contributed by atoms with Crippen LogP contribution in [0.25, 0.3) is 10.9 Å². The van der Waals surface area contributed by atoms with Crippen molar-refractivity contribution >= 4 is 16.9 Å². The van der Waals surface area contributed by atoms with Crippen molar-refractivity contribution < 1.29 is 9.13 Å². The first-order valence-electron chi connectivity index (χ1n) is 9.42. The van der Waals surface area contributed by atoms with Crippen molar-refractivity contribution in [2.45, 2.75) is 25.7 Å². The van der Waals surface area contributed by atoms with E-state index in [-0.39, 0.29) is 5.82 Å². The molecule has 142 valence electrons. The minimum absolute atomic E-state index is 0.212. The van der Waals surface area contributed by atoms with Gasteiger partial charge in [-0.25, -0.2) is 4.39 Å². The van der Waals surface area contributed by atoms with Gasteiger partial charge >= 0.3 is 0 Å². The Balaban J connectivity index is 1.47. The largest absolute Gasteiger partial charge is 0.381 e. The molecule has 26 heavy (non-hydrogen) atoms. The Morgan fingerprint density at radius 2 is 2.19 bits per heavy atom. The van der Waals surface area contributed by atoms with Crippen LogP contribution in [-0.4, -0.2) is 56.2 Å². The zero-order valence-corrected chi connectivity index (χ0v) is 15.7. The lowest BCUT2D eigenvalue weighted by molar-refractivity contribution is 0.0625. The number of fused-ring (bicyclic) bond motifs is 1. The number of halogens is 1. The highest BCUT2D eigenvalue weighted by Gasteiger charge is 2.15. The number of rotatable bonds is 6. The summed E-state index contributed by atoms with van der Waals surface area (Å²) in [7, 11) is 3.91. The molecule has 1 saturated heterocycles. The minimum atomic E-state index is -0.212. The van der Waals surface area contributed by atoms with E-state index in [0.29, 0.717) is 0 Å². The van der Waals surface area contributed by atoms with Gasteiger partial charge in [0.25, 0.3) is 0 Å². The molecule has 1 aliphatic rings. The summed E-state index contributed by atoms with van der Waals surface area (Å²) < 4.78 is 18.7. The van der Waals surface area contributed by atoms with E-state index in [0.717, 1.165) is 55.5 Å². The van der Waals surface area contributed by atoms with Crippen LogP contribution in [0.15, 0.2) is 29.4 Å². The Labute approximate surface area is 154 Å². The van der Waals surface area contributed by atoms with Gasteiger partial charge in [0, 0.05) is 57.5 Å². The number of H-pyrrole nitrogens is 1. The lowest BCUT2D eigenvalue weighted by atomic mass is 9.96. The summed E-state index contributed by atoms with van der Waals surface area (Å²) in [6.45, 7) is 3.58. The molecule has 1 aromatic carbocycles. The highest BCUT2D eigenvalue weighted by molar-refractivity contribution is 5.83. The molecule has 3 rings (SSSR count). The second-order valence-electron chi connectivity index (χ2n) is 6.99. The maximum Gasteiger partial charge on any atom is 0.193 e. The molecule has 0 aliphatic carbocycles. The fourth-order valence-electron chi connectivity index (χ4n) is 3.58. The molecular weight excluding hydrogens is 331 g/mol. The van der Waals surface area contributed by atoms with Crippen LogP contribution in [0.4, 0.5) is 4.39 Å². The Kier molecular flexibility index (Phi) is 6.50. The third kappa shape index (κ3) is 4.75. The molecule has 2 N–H and O–H groups in total. The standard InChI is InChI=1S/C20H29FN4O/c1-22-20(25(2)10-6-15-7-11-26-12-8-15)23-9-5-16-14-24-19-13-17(21)3-4-18(16)19/h3-4,13-15,24H,5-12H2,1-2H3,(H,22,23). The summed E-state index contributed by atoms with van der Waals surface area (Å²) in [4.78, 5) is 9.73. The molecule has 2 aromatic rings. The molecule has 0 saturated carbocycles. The summed E-state index contributed by atoms with van der Waals surface area (Å²) in [6.07, 6.45) is 6.33. The third-order valence-corrected chi connectivity index (χ3v) is 5.19. The molecule has 0 unspecified atom stereocenters. The summed E-state index contributed by atoms with van der Waals surface area (Å²) in [5.41, 5.74) is 2.03. The van der Waals surface area contributed by atoms with Crippen LogP contribution >= 0.6 is 0 Å². The highest BCUT2D eigenvalue weighted by Crippen LogP contribution is 2.20. The van der Waals surface area contributed by atoms with Crippen molar-refractivity contribution in [2.24, 2.45) is 10.9 Å². The van der Waals surface area contributed by atoms with E-state index >= 15 is 0 Å². The zero-order chi connectivity index (χ0) is 18.4. The molecule has 1 fully saturated rings. The fraction of sp³-hybridized carbons (Fsp3) is 0.550. The van der Waals surface area contributed by atoms with Crippen molar-refractivity contribution in [2.75, 3.05) is 40.4 Å². The molecular formula is C20H29FN4O. The first-order valence-corrected chi connectivity index (χ1v) is 9.42. The molecule has 6 heteroatoms. The summed E-state index contributed by atoms with van der Waals surface area (Å²) >= 11 is 0. The van der Waals surface area contributed by atoms with Gasteiger partial charge in [0.2, 0.25) is 0 Å². The van der Waals surface area contributed by atoms with Crippen LogP contribution in [0.3, 0.4) is 0 Å². The van der Waals surface area contributed by atoms with Crippen LogP contribution < -0.4 is 5.32 Å². The summed E-state index contributed by atoms with van der Waals surface area (Å²) in [5.74, 6) is 1.47. The van der Waals surface area contributed by atoms with E-state index < -0.39 is 0 Å². The number of nitrogens with one attached hydrogen (secondary N) is 2. The SMILES string of the molecule is CN=C(NCCc1c[nH]c2cc(F)ccc12)N(C)CCC1CCOCC1. The smallest absolute Gasteiger partial charge is 0.193 e. The number of aromatic nitrogens is 1. The topological polar surface area (TPSA) is 52.7 Å². The van der Waals surface area contributed by atoms with Gasteiger partial charge in [-0.2, -0.15) is 0 Å². The molecule has 0 radical (unpaired) electrons. The molecule has 0 amide bonds. The fourth-order valence-corrected chi connectivity index (χ4v) is 3.58. The van der Waals surface area contributed by atoms with Crippen molar-refractivity contribution in [1.29, 1.82) is 0 Å². The van der Waals surface area contributed by atoms with Crippen LogP contribution in [0, 0.1) is 11.7 Å². The number of ether oxygens (including phenoxy) is 1. The predicted molar refractivity (Wildman–Crippen MR) is 104 cm³/mol. The van der Waals surface area contributed by atoms with Gasteiger partial charge in [-0.1, -0.05) is 0 Å². The van der Waals surface area contributed by atoms with Gasteiger partial charge in [-0.3, -0.25) is 4.99 Å². The lowest BCUT2D eigenvalue weighted by Gasteiger charge is -2.26. The second-order valence-corrected chi connectivity index (χ2v) is 6.99. The Bertz CT molecular complexity index is 736. The summed E-state index contributed by atoms with van der Waals surface area (Å²) in [5, 5.41) is 4.51. The number of hydrogen-bond donors (Lipinski definition) is 2. The maximum absolute atomic E-state index is 13.3. The van der Waals surface area contributed by atoms with Crippen molar-refractivity contribution in [3.05, 3.63) is 35.8 Å². The van der Waals surface area contributed by atoms with E-state index in [9.17, 15) is 4.39 Å². The van der Waals surface area contributed by atoms with E-state index in [1.807, 2.05) is 19.3 Å². The van der Waals surface area contributed by atoms with Crippen LogP contribution in [-0.2, 0) is 11.2 Å². The quantitative estimate of drug-likeness (QED) is 0.615. The number of aromatic amines is 1. The molecule has 1 aromatic heterocycles. The zero-order valence-electron chi connectivity index (χ0n) is 15.7. The van der Waals surface area contributed by atoms with Gasteiger partial charge < -0.3 is 19.9 Å². The Morgan fingerprint density at radius 3 is 2.96 bits per heavy atom. The highest BCUT2D eigenvalue weighted by atomic mass is 19.1. The molecule has 5 nitrogen and oxygen atoms in total. The van der Waals surface area contributed by atoms with Crippen molar-refractivity contribution in [3.63, 3.8) is 0 Å². The predicted octanol–water partition coefficient (Wildman–Crippen LogP) is 3.17. The molecule has 0 atom stereocenters. The van der Waals surface area contributed by atoms with E-state index in [2.05, 4.69) is 27.2 Å². The van der Waals surface area contributed by atoms with Crippen molar-refractivity contribution in [1.82, 2.24) is 15.2 Å². The van der Waals surface area contributed by atoms with Crippen LogP contribution in [0.2, 0.25) is 0 Å². The monoisotopic (exact) mass is 360 g/mol. The van der Waals surface area contributed by atoms with Gasteiger partial charge in [0.05, 0.1) is 0 Å². The number of aliphatic imine (C=N–C) groups is 1. The number of hydrogen-bond acceptors (Lipinski definition) is 2. The minimum Gasteiger partial charge on any atom is -0.381 e. The molecule has 0 spiro atoms. The first-order chi connectivity index (χ1) is 12.7. The molecule has 0 bridgehead atoms. The second kappa shape index (κ2) is 9.03. The normalized spacial score (nSPS) is 16.2. The van der Waals surface area contributed by atoms with Gasteiger partial charge in [-0.15, -0.1) is 0 Å². The Morgan fingerprint density at radius 1 is 1.38 bits per heavy atom. The average molecular weight is 360 g/mol.